The number of fused-ring (bicyclic) bond motifs is 1. The van der Waals surface area contributed by atoms with Gasteiger partial charge in [-0.05, 0) is 23.6 Å². The van der Waals surface area contributed by atoms with Crippen LogP contribution in [0.15, 0.2) is 36.8 Å². The molecule has 0 unspecified atom stereocenters. The number of ether oxygens (including phenoxy) is 1. The van der Waals surface area contributed by atoms with E-state index in [0.29, 0.717) is 23.8 Å². The summed E-state index contributed by atoms with van der Waals surface area (Å²) in [6, 6.07) is 5.64. The van der Waals surface area contributed by atoms with E-state index in [2.05, 4.69) is 25.5 Å². The molecule has 7 heteroatoms. The highest BCUT2D eigenvalue weighted by molar-refractivity contribution is 5.89. The predicted molar refractivity (Wildman–Crippen MR) is 84.1 cm³/mol. The van der Waals surface area contributed by atoms with Crippen LogP contribution in [0.5, 0.6) is 11.8 Å². The zero-order valence-corrected chi connectivity index (χ0v) is 12.3. The second-order valence-corrected chi connectivity index (χ2v) is 5.55. The summed E-state index contributed by atoms with van der Waals surface area (Å²) in [7, 11) is 0. The number of aromatic hydroxyl groups is 1. The highest BCUT2D eigenvalue weighted by Gasteiger charge is 2.18. The third kappa shape index (κ3) is 2.78. The van der Waals surface area contributed by atoms with Crippen LogP contribution in [-0.4, -0.2) is 45.0 Å². The van der Waals surface area contributed by atoms with Gasteiger partial charge in [-0.15, -0.1) is 5.10 Å². The summed E-state index contributed by atoms with van der Waals surface area (Å²) >= 11 is 0. The van der Waals surface area contributed by atoms with Gasteiger partial charge in [0.05, 0.1) is 12.8 Å². The van der Waals surface area contributed by atoms with Crippen LogP contribution in [0.1, 0.15) is 0 Å². The number of rotatable bonds is 4. The van der Waals surface area contributed by atoms with Crippen LogP contribution in [0.2, 0.25) is 0 Å². The Morgan fingerprint density at radius 2 is 2.09 bits per heavy atom. The Kier molecular flexibility index (Phi) is 3.47. The van der Waals surface area contributed by atoms with Gasteiger partial charge < -0.3 is 15.2 Å². The highest BCUT2D eigenvalue weighted by atomic mass is 16.5. The average molecular weight is 309 g/mol. The molecule has 0 aliphatic carbocycles. The number of pyridine rings is 1. The van der Waals surface area contributed by atoms with E-state index < -0.39 is 0 Å². The molecule has 1 aliphatic heterocycles. The zero-order valence-electron chi connectivity index (χ0n) is 12.3. The van der Waals surface area contributed by atoms with E-state index >= 15 is 0 Å². The Balaban J connectivity index is 1.58. The minimum atomic E-state index is 0.121. The van der Waals surface area contributed by atoms with E-state index in [1.54, 1.807) is 24.7 Å². The normalized spacial score (nSPS) is 14.6. The molecule has 2 aromatic heterocycles. The summed E-state index contributed by atoms with van der Waals surface area (Å²) < 4.78 is 5.51. The minimum absolute atomic E-state index is 0.121. The topological polar surface area (TPSA) is 93.1 Å². The summed E-state index contributed by atoms with van der Waals surface area (Å²) in [6.07, 6.45) is 4.97. The maximum atomic E-state index is 10.2. The molecular formula is C16H15N5O2. The molecule has 2 N–H and O–H groups in total. The maximum absolute atomic E-state index is 10.2. The molecule has 0 saturated carbocycles. The maximum Gasteiger partial charge on any atom is 0.335 e. The second-order valence-electron chi connectivity index (χ2n) is 5.55. The van der Waals surface area contributed by atoms with Gasteiger partial charge in [0.25, 0.3) is 0 Å². The molecule has 0 radical (unpaired) electrons. The summed E-state index contributed by atoms with van der Waals surface area (Å²) in [5.74, 6) is 0.632. The molecule has 1 aliphatic rings. The molecule has 0 atom stereocenters. The number of benzene rings is 1. The van der Waals surface area contributed by atoms with Crippen LogP contribution in [0, 0.1) is 5.92 Å². The summed E-state index contributed by atoms with van der Waals surface area (Å²) in [5.41, 5.74) is 1.08. The average Bonchev–Trinajstić information content (AvgIpc) is 2.53. The fourth-order valence-electron chi connectivity index (χ4n) is 2.44. The van der Waals surface area contributed by atoms with Gasteiger partial charge in [0.15, 0.2) is 0 Å². The van der Waals surface area contributed by atoms with Crippen LogP contribution < -0.4 is 10.1 Å². The fourth-order valence-corrected chi connectivity index (χ4v) is 2.44. The number of aromatic nitrogens is 4. The molecule has 1 saturated heterocycles. The number of hydrogen-bond donors (Lipinski definition) is 2. The van der Waals surface area contributed by atoms with Gasteiger partial charge in [-0.2, -0.15) is 0 Å². The monoisotopic (exact) mass is 309 g/mol. The highest BCUT2D eigenvalue weighted by Crippen LogP contribution is 2.31. The Labute approximate surface area is 132 Å². The lowest BCUT2D eigenvalue weighted by molar-refractivity contribution is 0.185. The van der Waals surface area contributed by atoms with Crippen LogP contribution in [0.3, 0.4) is 0 Å². The summed E-state index contributed by atoms with van der Waals surface area (Å²) in [4.78, 5) is 8.21. The quantitative estimate of drug-likeness (QED) is 0.752. The summed E-state index contributed by atoms with van der Waals surface area (Å²) in [6.45, 7) is 2.51. The zero-order chi connectivity index (χ0) is 15.6. The molecular weight excluding hydrogens is 294 g/mol. The Morgan fingerprint density at radius 1 is 1.17 bits per heavy atom. The SMILES string of the molecule is Oc1cc2cnccc2cc1-c1cnc(OCC2CNC2)nn1. The first-order valence-electron chi connectivity index (χ1n) is 7.40. The minimum Gasteiger partial charge on any atom is -0.507 e. The van der Waals surface area contributed by atoms with Crippen molar-refractivity contribution in [3.63, 3.8) is 0 Å². The van der Waals surface area contributed by atoms with E-state index in [1.165, 1.54) is 0 Å². The lowest BCUT2D eigenvalue weighted by Crippen LogP contribution is -2.45. The molecule has 4 rings (SSSR count). The van der Waals surface area contributed by atoms with Crippen molar-refractivity contribution in [1.82, 2.24) is 25.5 Å². The van der Waals surface area contributed by atoms with Crippen molar-refractivity contribution in [1.29, 1.82) is 0 Å². The van der Waals surface area contributed by atoms with Gasteiger partial charge in [0.2, 0.25) is 0 Å². The molecule has 7 nitrogen and oxygen atoms in total. The third-order valence-corrected chi connectivity index (χ3v) is 3.89. The molecule has 0 spiro atoms. The molecule has 23 heavy (non-hydrogen) atoms. The summed E-state index contributed by atoms with van der Waals surface area (Å²) in [5, 5.41) is 23.3. The van der Waals surface area contributed by atoms with E-state index in [4.69, 9.17) is 4.74 Å². The third-order valence-electron chi connectivity index (χ3n) is 3.89. The Bertz CT molecular complexity index is 833. The van der Waals surface area contributed by atoms with Crippen molar-refractivity contribution in [3.8, 4) is 23.0 Å². The van der Waals surface area contributed by atoms with Crippen molar-refractivity contribution in [2.75, 3.05) is 19.7 Å². The first-order valence-corrected chi connectivity index (χ1v) is 7.40. The predicted octanol–water partition coefficient (Wildman–Crippen LogP) is 1.39. The smallest absolute Gasteiger partial charge is 0.335 e. The number of phenolic OH excluding ortho intramolecular Hbond substituents is 1. The van der Waals surface area contributed by atoms with Gasteiger partial charge in [-0.1, -0.05) is 5.10 Å². The standard InChI is InChI=1S/C16H15N5O2/c22-15-4-12-7-17-2-1-11(12)3-13(15)14-8-19-16(21-20-14)23-9-10-5-18-6-10/h1-4,7-8,10,18,22H,5-6,9H2. The Morgan fingerprint density at radius 3 is 2.83 bits per heavy atom. The van der Waals surface area contributed by atoms with Crippen molar-refractivity contribution in [2.24, 2.45) is 5.92 Å². The van der Waals surface area contributed by atoms with Gasteiger partial charge in [-0.25, -0.2) is 4.98 Å². The van der Waals surface area contributed by atoms with Crippen LogP contribution in [0.25, 0.3) is 22.0 Å². The number of hydrogen-bond acceptors (Lipinski definition) is 7. The van der Waals surface area contributed by atoms with Crippen molar-refractivity contribution in [2.45, 2.75) is 0 Å². The van der Waals surface area contributed by atoms with Gasteiger partial charge in [0, 0.05) is 42.4 Å². The van der Waals surface area contributed by atoms with Crippen LogP contribution in [-0.2, 0) is 0 Å². The van der Waals surface area contributed by atoms with Crippen molar-refractivity contribution >= 4 is 10.8 Å². The lowest BCUT2D eigenvalue weighted by Gasteiger charge is -2.26. The van der Waals surface area contributed by atoms with E-state index in [1.807, 2.05) is 12.1 Å². The molecule has 1 fully saturated rings. The fraction of sp³-hybridized carbons (Fsp3) is 0.250. The second kappa shape index (κ2) is 5.77. The van der Waals surface area contributed by atoms with Gasteiger partial charge >= 0.3 is 6.01 Å². The van der Waals surface area contributed by atoms with Gasteiger partial charge in [-0.3, -0.25) is 4.98 Å². The molecule has 1 aromatic carbocycles. The number of phenols is 1. The molecule has 0 amide bonds. The largest absolute Gasteiger partial charge is 0.507 e. The van der Waals surface area contributed by atoms with E-state index in [0.717, 1.165) is 23.9 Å². The van der Waals surface area contributed by atoms with E-state index in [9.17, 15) is 5.11 Å². The van der Waals surface area contributed by atoms with Gasteiger partial charge in [0.1, 0.15) is 11.4 Å². The Hall–Kier alpha value is -2.80. The molecule has 0 bridgehead atoms. The molecule has 116 valence electrons. The molecule has 3 heterocycles. The number of nitrogens with zero attached hydrogens (tertiary/aromatic N) is 4. The lowest BCUT2D eigenvalue weighted by atomic mass is 10.1. The number of nitrogens with one attached hydrogen (secondary N) is 1. The first-order chi connectivity index (χ1) is 11.3. The van der Waals surface area contributed by atoms with Crippen LogP contribution in [0.4, 0.5) is 0 Å². The van der Waals surface area contributed by atoms with Crippen LogP contribution >= 0.6 is 0 Å². The van der Waals surface area contributed by atoms with Crippen molar-refractivity contribution < 1.29 is 9.84 Å². The van der Waals surface area contributed by atoms with Crippen molar-refractivity contribution in [3.05, 3.63) is 36.8 Å². The first kappa shape index (κ1) is 13.8. The van der Waals surface area contributed by atoms with E-state index in [-0.39, 0.29) is 11.8 Å². The molecule has 3 aromatic rings.